The van der Waals surface area contributed by atoms with Crippen molar-refractivity contribution in [1.82, 2.24) is 9.88 Å². The van der Waals surface area contributed by atoms with Gasteiger partial charge in [0.1, 0.15) is 5.15 Å². The molecule has 0 amide bonds. The first-order valence-corrected chi connectivity index (χ1v) is 8.95. The quantitative estimate of drug-likeness (QED) is 0.432. The van der Waals surface area contributed by atoms with E-state index in [9.17, 15) is 5.21 Å². The van der Waals surface area contributed by atoms with Crippen LogP contribution < -0.4 is 0 Å². The molecule has 2 aliphatic heterocycles. The van der Waals surface area contributed by atoms with E-state index in [4.69, 9.17) is 28.2 Å². The van der Waals surface area contributed by atoms with Gasteiger partial charge >= 0.3 is 0 Å². The molecule has 2 aliphatic rings. The number of hydroxylamine groups is 1. The number of nitrogens with zero attached hydrogens (tertiary/aromatic N) is 4. The zero-order valence-electron chi connectivity index (χ0n) is 13.5. The van der Waals surface area contributed by atoms with E-state index in [-0.39, 0.29) is 6.54 Å². The second-order valence-electron chi connectivity index (χ2n) is 6.09. The molecule has 2 aromatic rings. The lowest BCUT2D eigenvalue weighted by Crippen LogP contribution is -2.34. The Morgan fingerprint density at radius 1 is 1.04 bits per heavy atom. The van der Waals surface area contributed by atoms with Crippen molar-refractivity contribution in [2.75, 3.05) is 19.6 Å². The maximum absolute atomic E-state index is 13.0. The van der Waals surface area contributed by atoms with Gasteiger partial charge in [0.2, 0.25) is 12.3 Å². The molecule has 0 unspecified atom stereocenters. The lowest BCUT2D eigenvalue weighted by atomic mass is 10.1. The standard InChI is InChI=1S/C18H16Cl2N4O/c19-13-6-2-1-5-12(13)18-17-14(7-8-15(20)22-17)21-16(11-24(18)25)23-9-3-4-10-23/h1-2,5-8H,3-4,9-11H2. The van der Waals surface area contributed by atoms with E-state index in [0.29, 0.717) is 32.8 Å². The van der Waals surface area contributed by atoms with Crippen LogP contribution in [0.4, 0.5) is 5.69 Å². The molecule has 4 rings (SSSR count). The molecule has 25 heavy (non-hydrogen) atoms. The summed E-state index contributed by atoms with van der Waals surface area (Å²) in [5.74, 6) is 0.764. The second-order valence-corrected chi connectivity index (χ2v) is 6.88. The van der Waals surface area contributed by atoms with Crippen LogP contribution in [0.5, 0.6) is 0 Å². The number of aromatic nitrogens is 1. The van der Waals surface area contributed by atoms with Crippen molar-refractivity contribution in [2.24, 2.45) is 4.99 Å². The molecule has 128 valence electrons. The van der Waals surface area contributed by atoms with E-state index >= 15 is 0 Å². The van der Waals surface area contributed by atoms with Crippen LogP contribution in [0.15, 0.2) is 41.4 Å². The van der Waals surface area contributed by atoms with Gasteiger partial charge in [-0.05, 0) is 37.1 Å². The van der Waals surface area contributed by atoms with Crippen molar-refractivity contribution in [3.8, 4) is 0 Å². The Bertz CT molecular complexity index is 888. The van der Waals surface area contributed by atoms with Crippen LogP contribution in [0.2, 0.25) is 10.2 Å². The molecule has 0 atom stereocenters. The fraction of sp³-hybridized carbons (Fsp3) is 0.278. The monoisotopic (exact) mass is 374 g/mol. The van der Waals surface area contributed by atoms with Gasteiger partial charge < -0.3 is 10.1 Å². The summed E-state index contributed by atoms with van der Waals surface area (Å²) in [5, 5.41) is 13.9. The van der Waals surface area contributed by atoms with Gasteiger partial charge in [-0.1, -0.05) is 35.3 Å². The summed E-state index contributed by atoms with van der Waals surface area (Å²) in [6, 6.07) is 10.7. The highest BCUT2D eigenvalue weighted by Crippen LogP contribution is 2.29. The van der Waals surface area contributed by atoms with Crippen LogP contribution in [-0.2, 0) is 0 Å². The largest absolute Gasteiger partial charge is 0.623 e. The molecular weight excluding hydrogens is 359 g/mol. The highest BCUT2D eigenvalue weighted by molar-refractivity contribution is 6.35. The summed E-state index contributed by atoms with van der Waals surface area (Å²) >= 11 is 12.4. The molecule has 0 saturated carbocycles. The summed E-state index contributed by atoms with van der Waals surface area (Å²) in [6.45, 7) is 2.00. The number of rotatable bonds is 1. The van der Waals surface area contributed by atoms with E-state index in [0.717, 1.165) is 36.5 Å². The number of aliphatic imine (C=N–C) groups is 1. The molecule has 1 aromatic carbocycles. The Balaban J connectivity index is 1.92. The molecule has 3 heterocycles. The van der Waals surface area contributed by atoms with Crippen LogP contribution in [-0.4, -0.2) is 45.8 Å². The minimum Gasteiger partial charge on any atom is -0.623 e. The Labute approximate surface area is 155 Å². The minimum absolute atomic E-state index is 0.161. The number of amidine groups is 1. The Kier molecular flexibility index (Phi) is 4.36. The molecule has 1 saturated heterocycles. The highest BCUT2D eigenvalue weighted by Gasteiger charge is 2.30. The Morgan fingerprint density at radius 3 is 2.56 bits per heavy atom. The van der Waals surface area contributed by atoms with E-state index in [1.54, 1.807) is 18.2 Å². The lowest BCUT2D eigenvalue weighted by molar-refractivity contribution is -0.440. The molecule has 1 fully saturated rings. The number of halogens is 2. The summed E-state index contributed by atoms with van der Waals surface area (Å²) in [6.07, 6.45) is 2.23. The fourth-order valence-electron chi connectivity index (χ4n) is 3.25. The van der Waals surface area contributed by atoms with Gasteiger partial charge in [0.05, 0.1) is 16.3 Å². The first-order valence-electron chi connectivity index (χ1n) is 8.19. The Hall–Kier alpha value is -2.11. The highest BCUT2D eigenvalue weighted by atomic mass is 35.5. The number of benzene rings is 1. The Morgan fingerprint density at radius 2 is 1.80 bits per heavy atom. The molecule has 5 nitrogen and oxygen atoms in total. The van der Waals surface area contributed by atoms with Crippen molar-refractivity contribution in [2.45, 2.75) is 12.8 Å². The first-order chi connectivity index (χ1) is 12.1. The fourth-order valence-corrected chi connectivity index (χ4v) is 3.63. The number of hydrogen-bond donors (Lipinski definition) is 0. The molecule has 0 spiro atoms. The van der Waals surface area contributed by atoms with E-state index in [1.807, 2.05) is 18.2 Å². The SMILES string of the molecule is [O-][N+]1=C(c2ccccc2Cl)c2nc(Cl)ccc2N=C(N2CCCC2)C1. The molecule has 0 bridgehead atoms. The molecule has 7 heteroatoms. The summed E-state index contributed by atoms with van der Waals surface area (Å²) in [7, 11) is 0. The average molecular weight is 375 g/mol. The van der Waals surface area contributed by atoms with Gasteiger partial charge in [-0.3, -0.25) is 0 Å². The van der Waals surface area contributed by atoms with Gasteiger partial charge in [0.15, 0.2) is 11.5 Å². The summed E-state index contributed by atoms with van der Waals surface area (Å²) < 4.78 is 0.924. The minimum atomic E-state index is 0.161. The number of hydrogen-bond acceptors (Lipinski definition) is 4. The van der Waals surface area contributed by atoms with Crippen molar-refractivity contribution < 1.29 is 4.74 Å². The van der Waals surface area contributed by atoms with Crippen LogP contribution in [0.1, 0.15) is 24.1 Å². The van der Waals surface area contributed by atoms with Gasteiger partial charge in [0.25, 0.3) is 0 Å². The predicted molar refractivity (Wildman–Crippen MR) is 100 cm³/mol. The van der Waals surface area contributed by atoms with E-state index in [1.165, 1.54) is 0 Å². The third-order valence-corrected chi connectivity index (χ3v) is 4.99. The van der Waals surface area contributed by atoms with Crippen LogP contribution in [0, 0.1) is 5.21 Å². The van der Waals surface area contributed by atoms with Crippen LogP contribution in [0.3, 0.4) is 0 Å². The lowest BCUT2D eigenvalue weighted by Gasteiger charge is -2.18. The van der Waals surface area contributed by atoms with E-state index in [2.05, 4.69) is 9.88 Å². The average Bonchev–Trinajstić information content (AvgIpc) is 3.08. The van der Waals surface area contributed by atoms with Crippen LogP contribution >= 0.6 is 23.2 Å². The van der Waals surface area contributed by atoms with Crippen molar-refractivity contribution in [3.63, 3.8) is 0 Å². The van der Waals surface area contributed by atoms with Gasteiger partial charge in [-0.25, -0.2) is 9.98 Å². The van der Waals surface area contributed by atoms with Crippen molar-refractivity contribution in [3.05, 3.63) is 63.0 Å². The molecule has 0 aliphatic carbocycles. The summed E-state index contributed by atoms with van der Waals surface area (Å²) in [4.78, 5) is 11.3. The zero-order valence-corrected chi connectivity index (χ0v) is 15.0. The van der Waals surface area contributed by atoms with Gasteiger partial charge in [0, 0.05) is 13.1 Å². The molecular formula is C18H16Cl2N4O. The third-order valence-electron chi connectivity index (χ3n) is 4.45. The predicted octanol–water partition coefficient (Wildman–Crippen LogP) is 3.88. The number of likely N-dealkylation sites (tertiary alicyclic amines) is 1. The van der Waals surface area contributed by atoms with Crippen LogP contribution in [0.25, 0.3) is 0 Å². The first kappa shape index (κ1) is 16.4. The maximum atomic E-state index is 13.0. The zero-order chi connectivity index (χ0) is 17.4. The van der Waals surface area contributed by atoms with Gasteiger partial charge in [-0.15, -0.1) is 0 Å². The van der Waals surface area contributed by atoms with Crippen molar-refractivity contribution in [1.29, 1.82) is 0 Å². The third kappa shape index (κ3) is 3.10. The normalized spacial score (nSPS) is 17.4. The summed E-state index contributed by atoms with van der Waals surface area (Å²) in [5.41, 5.74) is 2.14. The topological polar surface area (TPSA) is 54.6 Å². The molecule has 0 radical (unpaired) electrons. The smallest absolute Gasteiger partial charge is 0.248 e. The second kappa shape index (κ2) is 6.65. The number of fused-ring (bicyclic) bond motifs is 1. The molecule has 1 aromatic heterocycles. The number of pyridine rings is 1. The van der Waals surface area contributed by atoms with E-state index < -0.39 is 0 Å². The van der Waals surface area contributed by atoms with Gasteiger partial charge in [-0.2, -0.15) is 4.74 Å². The van der Waals surface area contributed by atoms with Crippen molar-refractivity contribution >= 4 is 40.4 Å². The molecule has 0 N–H and O–H groups in total. The maximum Gasteiger partial charge on any atom is 0.248 e.